The first-order valence-electron chi connectivity index (χ1n) is 7.74. The number of Topliss-reactive ketones (excluding diaryl/α,β-unsaturated/α-hetero) is 1. The molecule has 0 radical (unpaired) electrons. The Hall–Kier alpha value is -2.71. The fourth-order valence-electron chi connectivity index (χ4n) is 2.81. The summed E-state index contributed by atoms with van der Waals surface area (Å²) in [6.45, 7) is 0. The molecule has 2 aromatic carbocycles. The van der Waals surface area contributed by atoms with Gasteiger partial charge in [0.1, 0.15) is 6.10 Å². The molecule has 1 heterocycles. The van der Waals surface area contributed by atoms with E-state index in [-0.39, 0.29) is 18.1 Å². The predicted molar refractivity (Wildman–Crippen MR) is 96.0 cm³/mol. The van der Waals surface area contributed by atoms with Gasteiger partial charge in [-0.25, -0.2) is 4.79 Å². The van der Waals surface area contributed by atoms with Crippen molar-refractivity contribution in [3.05, 3.63) is 81.8 Å². The number of hydrogen-bond acceptors (Lipinski definition) is 4. The van der Waals surface area contributed by atoms with Crippen LogP contribution in [0.4, 0.5) is 0 Å². The molecule has 0 N–H and O–H groups in total. The Morgan fingerprint density at radius 1 is 1.24 bits per heavy atom. The van der Waals surface area contributed by atoms with Crippen LogP contribution < -0.4 is 0 Å². The van der Waals surface area contributed by atoms with Crippen molar-refractivity contribution in [2.24, 2.45) is 0 Å². The molecule has 5 heteroatoms. The number of nitrogens with zero attached hydrogens (tertiary/aromatic N) is 1. The van der Waals surface area contributed by atoms with E-state index < -0.39 is 12.1 Å². The highest BCUT2D eigenvalue weighted by Gasteiger charge is 2.30. The van der Waals surface area contributed by atoms with E-state index in [4.69, 9.17) is 10.00 Å². The zero-order chi connectivity index (χ0) is 17.8. The van der Waals surface area contributed by atoms with Crippen LogP contribution in [-0.2, 0) is 9.53 Å². The lowest BCUT2D eigenvalue weighted by atomic mass is 9.87. The number of rotatable bonds is 5. The summed E-state index contributed by atoms with van der Waals surface area (Å²) in [4.78, 5) is 24.2. The van der Waals surface area contributed by atoms with Crippen LogP contribution in [0.3, 0.4) is 0 Å². The Kier molecular flexibility index (Phi) is 5.11. The highest BCUT2D eigenvalue weighted by atomic mass is 79.9. The molecule has 0 saturated carbocycles. The normalized spacial score (nSPS) is 17.0. The summed E-state index contributed by atoms with van der Waals surface area (Å²) in [6.07, 6.45) is 2.77. The standard InChI is InChI=1S/C20H14BrNO3/c21-16-3-1-2-15(10-16)18(23)11-17(19-8-9-20(24)25-19)14-6-4-13(12-22)5-7-14/h1-10,17,19H,11H2/t17-,19+/m1/s1. The topological polar surface area (TPSA) is 67.2 Å². The van der Waals surface area contributed by atoms with Crippen molar-refractivity contribution in [2.45, 2.75) is 18.4 Å². The Morgan fingerprint density at radius 3 is 2.60 bits per heavy atom. The van der Waals surface area contributed by atoms with Gasteiger partial charge in [0.15, 0.2) is 5.78 Å². The van der Waals surface area contributed by atoms with Crippen LogP contribution in [0.5, 0.6) is 0 Å². The second-order valence-electron chi connectivity index (χ2n) is 5.74. The van der Waals surface area contributed by atoms with Gasteiger partial charge in [0.25, 0.3) is 0 Å². The molecule has 0 saturated heterocycles. The number of hydrogen-bond donors (Lipinski definition) is 0. The quantitative estimate of drug-likeness (QED) is 0.562. The summed E-state index contributed by atoms with van der Waals surface area (Å²) < 4.78 is 6.15. The van der Waals surface area contributed by atoms with Gasteiger partial charge in [0.2, 0.25) is 0 Å². The minimum Gasteiger partial charge on any atom is -0.454 e. The molecule has 2 aromatic rings. The molecule has 2 atom stereocenters. The Labute approximate surface area is 153 Å². The maximum Gasteiger partial charge on any atom is 0.331 e. The molecule has 4 nitrogen and oxygen atoms in total. The minimum atomic E-state index is -0.489. The van der Waals surface area contributed by atoms with Crippen molar-refractivity contribution >= 4 is 27.7 Å². The smallest absolute Gasteiger partial charge is 0.331 e. The first-order chi connectivity index (χ1) is 12.1. The monoisotopic (exact) mass is 395 g/mol. The minimum absolute atomic E-state index is 0.0352. The van der Waals surface area contributed by atoms with Gasteiger partial charge in [-0.3, -0.25) is 4.79 Å². The lowest BCUT2D eigenvalue weighted by molar-refractivity contribution is -0.139. The molecule has 0 bridgehead atoms. The van der Waals surface area contributed by atoms with Crippen LogP contribution in [0, 0.1) is 11.3 Å². The zero-order valence-electron chi connectivity index (χ0n) is 13.2. The number of benzene rings is 2. The molecule has 1 aliphatic heterocycles. The number of nitriles is 1. The number of ketones is 1. The van der Waals surface area contributed by atoms with Crippen molar-refractivity contribution in [2.75, 3.05) is 0 Å². The van der Waals surface area contributed by atoms with Gasteiger partial charge in [0, 0.05) is 28.5 Å². The fraction of sp³-hybridized carbons (Fsp3) is 0.150. The molecule has 0 aliphatic carbocycles. The average molecular weight is 396 g/mol. The largest absolute Gasteiger partial charge is 0.454 e. The van der Waals surface area contributed by atoms with Gasteiger partial charge >= 0.3 is 5.97 Å². The third-order valence-corrected chi connectivity index (χ3v) is 4.58. The van der Waals surface area contributed by atoms with Crippen molar-refractivity contribution in [1.29, 1.82) is 5.26 Å². The van der Waals surface area contributed by atoms with Crippen LogP contribution in [-0.4, -0.2) is 17.9 Å². The maximum atomic E-state index is 12.7. The third-order valence-electron chi connectivity index (χ3n) is 4.09. The molecule has 0 fully saturated rings. The van der Waals surface area contributed by atoms with E-state index in [0.717, 1.165) is 10.0 Å². The number of carbonyl (C=O) groups is 2. The van der Waals surface area contributed by atoms with Gasteiger partial charge in [-0.15, -0.1) is 0 Å². The predicted octanol–water partition coefficient (Wildman–Crippen LogP) is 4.16. The van der Waals surface area contributed by atoms with E-state index in [1.54, 1.807) is 42.5 Å². The first-order valence-corrected chi connectivity index (χ1v) is 8.54. The summed E-state index contributed by atoms with van der Waals surface area (Å²) in [5.41, 5.74) is 1.99. The summed E-state index contributed by atoms with van der Waals surface area (Å²) in [7, 11) is 0. The lowest BCUT2D eigenvalue weighted by Crippen LogP contribution is -2.22. The van der Waals surface area contributed by atoms with Crippen LogP contribution in [0.25, 0.3) is 0 Å². The van der Waals surface area contributed by atoms with E-state index in [2.05, 4.69) is 22.0 Å². The first kappa shape index (κ1) is 17.1. The second-order valence-corrected chi connectivity index (χ2v) is 6.65. The van der Waals surface area contributed by atoms with E-state index in [0.29, 0.717) is 11.1 Å². The number of ether oxygens (including phenoxy) is 1. The molecule has 0 aromatic heterocycles. The van der Waals surface area contributed by atoms with Crippen LogP contribution >= 0.6 is 15.9 Å². The van der Waals surface area contributed by atoms with Crippen LogP contribution in [0.15, 0.2) is 65.2 Å². The van der Waals surface area contributed by atoms with Crippen molar-refractivity contribution in [1.82, 2.24) is 0 Å². The Morgan fingerprint density at radius 2 is 2.00 bits per heavy atom. The molecule has 25 heavy (non-hydrogen) atoms. The van der Waals surface area contributed by atoms with Crippen molar-refractivity contribution < 1.29 is 14.3 Å². The number of halogens is 1. The summed E-state index contributed by atoms with van der Waals surface area (Å²) >= 11 is 3.37. The Bertz CT molecular complexity index is 881. The van der Waals surface area contributed by atoms with Gasteiger partial charge in [-0.2, -0.15) is 5.26 Å². The van der Waals surface area contributed by atoms with Crippen molar-refractivity contribution in [3.63, 3.8) is 0 Å². The molecule has 1 aliphatic rings. The van der Waals surface area contributed by atoms with Gasteiger partial charge < -0.3 is 4.74 Å². The highest BCUT2D eigenvalue weighted by molar-refractivity contribution is 9.10. The van der Waals surface area contributed by atoms with Crippen LogP contribution in [0.1, 0.15) is 33.8 Å². The van der Waals surface area contributed by atoms with Crippen LogP contribution in [0.2, 0.25) is 0 Å². The summed E-state index contributed by atoms with van der Waals surface area (Å²) in [5.74, 6) is -0.743. The number of carbonyl (C=O) groups excluding carboxylic acids is 2. The molecule has 0 spiro atoms. The Balaban J connectivity index is 1.88. The van der Waals surface area contributed by atoms with E-state index in [1.165, 1.54) is 6.08 Å². The molecule has 124 valence electrons. The van der Waals surface area contributed by atoms with E-state index >= 15 is 0 Å². The number of esters is 1. The SMILES string of the molecule is N#Cc1ccc([C@@H](CC(=O)c2cccc(Br)c2)[C@@H]2C=CC(=O)O2)cc1. The molecule has 0 unspecified atom stereocenters. The van der Waals surface area contributed by atoms with E-state index in [1.807, 2.05) is 12.1 Å². The van der Waals surface area contributed by atoms with Gasteiger partial charge in [-0.05, 0) is 35.9 Å². The lowest BCUT2D eigenvalue weighted by Gasteiger charge is -2.22. The van der Waals surface area contributed by atoms with E-state index in [9.17, 15) is 9.59 Å². The third kappa shape index (κ3) is 4.04. The number of cyclic esters (lactones) is 1. The van der Waals surface area contributed by atoms with Gasteiger partial charge in [0.05, 0.1) is 11.6 Å². The zero-order valence-corrected chi connectivity index (χ0v) is 14.8. The maximum absolute atomic E-state index is 12.7. The van der Waals surface area contributed by atoms with Gasteiger partial charge in [-0.1, -0.05) is 40.2 Å². The highest BCUT2D eigenvalue weighted by Crippen LogP contribution is 2.31. The second kappa shape index (κ2) is 7.45. The molecular formula is C20H14BrNO3. The fourth-order valence-corrected chi connectivity index (χ4v) is 3.21. The molecule has 3 rings (SSSR count). The molecular weight excluding hydrogens is 382 g/mol. The molecule has 0 amide bonds. The average Bonchev–Trinajstić information content (AvgIpc) is 3.05. The summed E-state index contributed by atoms with van der Waals surface area (Å²) in [5, 5.41) is 8.94. The summed E-state index contributed by atoms with van der Waals surface area (Å²) in [6, 6.07) is 16.3. The van der Waals surface area contributed by atoms with Crippen molar-refractivity contribution in [3.8, 4) is 6.07 Å².